The van der Waals surface area contributed by atoms with Crippen LogP contribution in [-0.2, 0) is 4.74 Å². The lowest BCUT2D eigenvalue weighted by Gasteiger charge is -2.17. The molecule has 0 radical (unpaired) electrons. The average molecular weight is 216 g/mol. The molecule has 0 saturated carbocycles. The molecule has 0 spiro atoms. The summed E-state index contributed by atoms with van der Waals surface area (Å²) < 4.78 is 5.30. The minimum atomic E-state index is 0.594. The van der Waals surface area contributed by atoms with Gasteiger partial charge in [-0.3, -0.25) is 0 Å². The molecule has 0 amide bonds. The van der Waals surface area contributed by atoms with Crippen LogP contribution in [0.3, 0.4) is 0 Å². The van der Waals surface area contributed by atoms with Crippen molar-refractivity contribution in [2.45, 2.75) is 39.7 Å². The van der Waals surface area contributed by atoms with E-state index < -0.39 is 0 Å². The quantitative estimate of drug-likeness (QED) is 0.563. The second-order valence-corrected chi connectivity index (χ2v) is 4.32. The van der Waals surface area contributed by atoms with Crippen LogP contribution in [0, 0.1) is 0 Å². The molecule has 0 bridgehead atoms. The smallest absolute Gasteiger partial charge is 0.0466 e. The fraction of sp³-hybridized carbons (Fsp3) is 1.00. The lowest BCUT2D eigenvalue weighted by molar-refractivity contribution is 0.140. The van der Waals surface area contributed by atoms with E-state index in [1.807, 2.05) is 6.92 Å². The zero-order valence-corrected chi connectivity index (χ0v) is 10.9. The van der Waals surface area contributed by atoms with Gasteiger partial charge in [0, 0.05) is 32.3 Å². The maximum atomic E-state index is 5.30. The summed E-state index contributed by atoms with van der Waals surface area (Å²) in [6.07, 6.45) is 2.41. The summed E-state index contributed by atoms with van der Waals surface area (Å²) in [5, 5.41) is 3.42. The summed E-state index contributed by atoms with van der Waals surface area (Å²) in [7, 11) is 2.18. The zero-order chi connectivity index (χ0) is 11.5. The number of unbranched alkanes of at least 4 members (excludes halogenated alkanes) is 1. The summed E-state index contributed by atoms with van der Waals surface area (Å²) in [5.74, 6) is 0. The third kappa shape index (κ3) is 11.8. The van der Waals surface area contributed by atoms with Crippen molar-refractivity contribution < 1.29 is 4.74 Å². The van der Waals surface area contributed by atoms with E-state index in [9.17, 15) is 0 Å². The van der Waals surface area contributed by atoms with Gasteiger partial charge < -0.3 is 15.0 Å². The number of nitrogens with zero attached hydrogens (tertiary/aromatic N) is 1. The Morgan fingerprint density at radius 1 is 1.20 bits per heavy atom. The second-order valence-electron chi connectivity index (χ2n) is 4.32. The molecule has 0 aromatic rings. The van der Waals surface area contributed by atoms with Gasteiger partial charge in [0.05, 0.1) is 0 Å². The Hall–Kier alpha value is -0.120. The van der Waals surface area contributed by atoms with E-state index in [2.05, 4.69) is 31.1 Å². The normalized spacial score (nSPS) is 11.6. The van der Waals surface area contributed by atoms with E-state index in [0.29, 0.717) is 6.04 Å². The Labute approximate surface area is 95.2 Å². The van der Waals surface area contributed by atoms with Crippen LogP contribution in [0.1, 0.15) is 33.6 Å². The van der Waals surface area contributed by atoms with Crippen molar-refractivity contribution in [1.29, 1.82) is 0 Å². The molecule has 0 unspecified atom stereocenters. The molecular weight excluding hydrogens is 188 g/mol. The van der Waals surface area contributed by atoms with E-state index in [1.165, 1.54) is 19.4 Å². The highest BCUT2D eigenvalue weighted by molar-refractivity contribution is 4.57. The summed E-state index contributed by atoms with van der Waals surface area (Å²) >= 11 is 0. The third-order valence-corrected chi connectivity index (χ3v) is 2.33. The Balaban J connectivity index is 3.15. The van der Waals surface area contributed by atoms with Gasteiger partial charge in [-0.2, -0.15) is 0 Å². The van der Waals surface area contributed by atoms with Gasteiger partial charge in [-0.15, -0.1) is 0 Å². The maximum Gasteiger partial charge on any atom is 0.0466 e. The molecule has 15 heavy (non-hydrogen) atoms. The van der Waals surface area contributed by atoms with E-state index in [1.54, 1.807) is 0 Å². The lowest BCUT2D eigenvalue weighted by atomic mass is 10.3. The first kappa shape index (κ1) is 14.9. The molecule has 0 fully saturated rings. The second kappa shape index (κ2) is 10.4. The minimum Gasteiger partial charge on any atom is -0.382 e. The van der Waals surface area contributed by atoms with Crippen molar-refractivity contribution in [3.8, 4) is 0 Å². The molecule has 0 aliphatic heterocycles. The van der Waals surface area contributed by atoms with Crippen molar-refractivity contribution >= 4 is 0 Å². The van der Waals surface area contributed by atoms with Gasteiger partial charge in [-0.1, -0.05) is 13.8 Å². The minimum absolute atomic E-state index is 0.594. The van der Waals surface area contributed by atoms with Crippen molar-refractivity contribution in [2.24, 2.45) is 0 Å². The largest absolute Gasteiger partial charge is 0.382 e. The van der Waals surface area contributed by atoms with Crippen molar-refractivity contribution in [3.05, 3.63) is 0 Å². The molecule has 92 valence electrons. The SMILES string of the molecule is CCOCCCCN(C)CCNC(C)C. The number of rotatable bonds is 10. The van der Waals surface area contributed by atoms with Crippen LogP contribution in [0.25, 0.3) is 0 Å². The van der Waals surface area contributed by atoms with Crippen molar-refractivity contribution in [1.82, 2.24) is 10.2 Å². The third-order valence-electron chi connectivity index (χ3n) is 2.33. The Kier molecular flexibility index (Phi) is 10.3. The molecule has 1 N–H and O–H groups in total. The highest BCUT2D eigenvalue weighted by Crippen LogP contribution is 1.93. The molecular formula is C12H28N2O. The molecule has 0 atom stereocenters. The molecule has 0 saturated heterocycles. The Bertz CT molecular complexity index is 129. The number of nitrogens with one attached hydrogen (secondary N) is 1. The Morgan fingerprint density at radius 2 is 1.93 bits per heavy atom. The molecule has 0 heterocycles. The molecule has 0 aliphatic rings. The molecule has 0 aromatic heterocycles. The van der Waals surface area contributed by atoms with E-state index in [0.717, 1.165) is 26.3 Å². The highest BCUT2D eigenvalue weighted by Gasteiger charge is 1.98. The predicted octanol–water partition coefficient (Wildman–Crippen LogP) is 1.73. The van der Waals surface area contributed by atoms with Crippen LogP contribution in [0.15, 0.2) is 0 Å². The fourth-order valence-corrected chi connectivity index (χ4v) is 1.39. The molecule has 3 heteroatoms. The molecule has 0 aromatic carbocycles. The first-order chi connectivity index (χ1) is 7.16. The van der Waals surface area contributed by atoms with E-state index >= 15 is 0 Å². The van der Waals surface area contributed by atoms with Gasteiger partial charge in [0.1, 0.15) is 0 Å². The first-order valence-corrected chi connectivity index (χ1v) is 6.16. The lowest BCUT2D eigenvalue weighted by Crippen LogP contribution is -2.33. The summed E-state index contributed by atoms with van der Waals surface area (Å²) in [5.41, 5.74) is 0. The molecule has 3 nitrogen and oxygen atoms in total. The monoisotopic (exact) mass is 216 g/mol. The van der Waals surface area contributed by atoms with Gasteiger partial charge in [-0.25, -0.2) is 0 Å². The van der Waals surface area contributed by atoms with Crippen molar-refractivity contribution in [3.63, 3.8) is 0 Å². The highest BCUT2D eigenvalue weighted by atomic mass is 16.5. The molecule has 0 aliphatic carbocycles. The number of ether oxygens (including phenoxy) is 1. The van der Waals surface area contributed by atoms with Crippen LogP contribution >= 0.6 is 0 Å². The zero-order valence-electron chi connectivity index (χ0n) is 10.9. The van der Waals surface area contributed by atoms with Gasteiger partial charge in [0.2, 0.25) is 0 Å². The fourth-order valence-electron chi connectivity index (χ4n) is 1.39. The van der Waals surface area contributed by atoms with Crippen LogP contribution < -0.4 is 5.32 Å². The summed E-state index contributed by atoms with van der Waals surface area (Å²) in [6.45, 7) is 11.6. The van der Waals surface area contributed by atoms with Gasteiger partial charge >= 0.3 is 0 Å². The standard InChI is InChI=1S/C12H28N2O/c1-5-15-11-7-6-9-14(4)10-8-13-12(2)3/h12-13H,5-11H2,1-4H3. The van der Waals surface area contributed by atoms with E-state index in [4.69, 9.17) is 4.74 Å². The van der Waals surface area contributed by atoms with Crippen LogP contribution in [0.5, 0.6) is 0 Å². The van der Waals surface area contributed by atoms with Gasteiger partial charge in [0.25, 0.3) is 0 Å². The summed E-state index contributed by atoms with van der Waals surface area (Å²) in [4.78, 5) is 2.38. The number of likely N-dealkylation sites (N-methyl/N-ethyl adjacent to an activating group) is 1. The maximum absolute atomic E-state index is 5.30. The van der Waals surface area contributed by atoms with Gasteiger partial charge in [0.15, 0.2) is 0 Å². The predicted molar refractivity (Wildman–Crippen MR) is 66.4 cm³/mol. The first-order valence-electron chi connectivity index (χ1n) is 6.16. The van der Waals surface area contributed by atoms with Crippen LogP contribution in [0.2, 0.25) is 0 Å². The number of hydrogen-bond donors (Lipinski definition) is 1. The van der Waals surface area contributed by atoms with Crippen LogP contribution in [0.4, 0.5) is 0 Å². The average Bonchev–Trinajstić information content (AvgIpc) is 2.17. The van der Waals surface area contributed by atoms with Gasteiger partial charge in [-0.05, 0) is 33.4 Å². The van der Waals surface area contributed by atoms with Crippen LogP contribution in [-0.4, -0.2) is 50.8 Å². The number of hydrogen-bond acceptors (Lipinski definition) is 3. The van der Waals surface area contributed by atoms with Crippen molar-refractivity contribution in [2.75, 3.05) is 39.9 Å². The summed E-state index contributed by atoms with van der Waals surface area (Å²) in [6, 6.07) is 0.594. The molecule has 0 rings (SSSR count). The topological polar surface area (TPSA) is 24.5 Å². The van der Waals surface area contributed by atoms with E-state index in [-0.39, 0.29) is 0 Å². The Morgan fingerprint density at radius 3 is 2.53 bits per heavy atom.